The maximum atomic E-state index is 11.8. The normalized spacial score (nSPS) is 18.7. The molecule has 1 aliphatic rings. The van der Waals surface area contributed by atoms with Gasteiger partial charge in [-0.25, -0.2) is 0 Å². The number of hydrogen-bond donors (Lipinski definition) is 1. The van der Waals surface area contributed by atoms with Crippen LogP contribution in [0.5, 0.6) is 0 Å². The molecule has 0 saturated carbocycles. The van der Waals surface area contributed by atoms with Gasteiger partial charge in [-0.05, 0) is 25.8 Å². The van der Waals surface area contributed by atoms with Gasteiger partial charge in [0.2, 0.25) is 0 Å². The molecule has 0 spiro atoms. The predicted molar refractivity (Wildman–Crippen MR) is 80.2 cm³/mol. The summed E-state index contributed by atoms with van der Waals surface area (Å²) in [7, 11) is 0. The lowest BCUT2D eigenvalue weighted by Gasteiger charge is -2.24. The lowest BCUT2D eigenvalue weighted by Crippen LogP contribution is -2.31. The molecule has 5 heteroatoms. The highest BCUT2D eigenvalue weighted by atomic mass is 32.1. The summed E-state index contributed by atoms with van der Waals surface area (Å²) >= 11 is 1.50. The molecule has 1 unspecified atom stereocenters. The van der Waals surface area contributed by atoms with E-state index in [0.717, 1.165) is 37.5 Å². The van der Waals surface area contributed by atoms with Crippen LogP contribution in [0.1, 0.15) is 42.8 Å². The Balaban J connectivity index is 2.11. The number of Topliss-reactive ketones (excluding diaryl/α,β-unsaturated/α-hetero) is 1. The number of carbonyl (C=O) groups is 1. The minimum absolute atomic E-state index is 0.127. The molecule has 2 heterocycles. The molecule has 106 valence electrons. The summed E-state index contributed by atoms with van der Waals surface area (Å²) in [5, 5.41) is 1.08. The Kier molecular flexibility index (Phi) is 4.82. The number of hydrogen-bond acceptors (Lipinski definition) is 5. The van der Waals surface area contributed by atoms with E-state index in [2.05, 4.69) is 11.8 Å². The van der Waals surface area contributed by atoms with Gasteiger partial charge in [0, 0.05) is 26.1 Å². The molecule has 2 N–H and O–H groups in total. The van der Waals surface area contributed by atoms with Crippen molar-refractivity contribution >= 4 is 27.8 Å². The van der Waals surface area contributed by atoms with E-state index in [-0.39, 0.29) is 5.78 Å². The second-order valence-corrected chi connectivity index (χ2v) is 5.85. The Morgan fingerprint density at radius 1 is 1.58 bits per heavy atom. The molecule has 1 aromatic heterocycles. The molecular weight excluding hydrogens is 260 g/mol. The van der Waals surface area contributed by atoms with Crippen molar-refractivity contribution in [1.29, 1.82) is 0 Å². The molecule has 0 radical (unpaired) electrons. The van der Waals surface area contributed by atoms with Gasteiger partial charge in [0.05, 0.1) is 21.7 Å². The lowest BCUT2D eigenvalue weighted by molar-refractivity contribution is 0.0993. The van der Waals surface area contributed by atoms with E-state index in [1.807, 2.05) is 13.0 Å². The summed E-state index contributed by atoms with van der Waals surface area (Å²) in [5.74, 6) is 0.127. The summed E-state index contributed by atoms with van der Waals surface area (Å²) in [6.45, 7) is 6.64. The second-order valence-electron chi connectivity index (χ2n) is 4.82. The Labute approximate surface area is 118 Å². The summed E-state index contributed by atoms with van der Waals surface area (Å²) in [6.07, 6.45) is 3.09. The number of anilines is 2. The zero-order valence-electron chi connectivity index (χ0n) is 11.6. The Morgan fingerprint density at radius 3 is 2.95 bits per heavy atom. The van der Waals surface area contributed by atoms with Gasteiger partial charge in [0.15, 0.2) is 5.78 Å². The maximum Gasteiger partial charge on any atom is 0.174 e. The third-order valence-corrected chi connectivity index (χ3v) is 4.72. The van der Waals surface area contributed by atoms with Crippen molar-refractivity contribution in [1.82, 2.24) is 0 Å². The van der Waals surface area contributed by atoms with E-state index in [1.165, 1.54) is 11.3 Å². The van der Waals surface area contributed by atoms with Crippen LogP contribution in [-0.4, -0.2) is 31.6 Å². The fourth-order valence-electron chi connectivity index (χ4n) is 2.33. The van der Waals surface area contributed by atoms with Crippen LogP contribution in [0.4, 0.5) is 10.7 Å². The van der Waals surface area contributed by atoms with Gasteiger partial charge in [-0.3, -0.25) is 4.79 Å². The minimum atomic E-state index is 0.127. The topological polar surface area (TPSA) is 55.6 Å². The van der Waals surface area contributed by atoms with Crippen LogP contribution in [0.2, 0.25) is 0 Å². The van der Waals surface area contributed by atoms with Crippen molar-refractivity contribution in [2.75, 3.05) is 30.3 Å². The molecule has 0 aliphatic carbocycles. The molecule has 1 aromatic rings. The van der Waals surface area contributed by atoms with Crippen LogP contribution in [0.15, 0.2) is 6.07 Å². The molecule has 4 nitrogen and oxygen atoms in total. The minimum Gasteiger partial charge on any atom is -0.397 e. The first kappa shape index (κ1) is 14.3. The van der Waals surface area contributed by atoms with Crippen molar-refractivity contribution in [2.45, 2.75) is 39.2 Å². The van der Waals surface area contributed by atoms with Gasteiger partial charge in [0.25, 0.3) is 0 Å². The Hall–Kier alpha value is -1.07. The highest BCUT2D eigenvalue weighted by molar-refractivity contribution is 7.18. The van der Waals surface area contributed by atoms with Crippen LogP contribution in [0, 0.1) is 0 Å². The molecular formula is C14H22N2O2S. The summed E-state index contributed by atoms with van der Waals surface area (Å²) in [5.41, 5.74) is 6.56. The molecule has 0 bridgehead atoms. The summed E-state index contributed by atoms with van der Waals surface area (Å²) in [6, 6.07) is 1.92. The highest BCUT2D eigenvalue weighted by Gasteiger charge is 2.21. The number of carbonyl (C=O) groups excluding carboxylic acids is 1. The molecule has 0 amide bonds. The van der Waals surface area contributed by atoms with Crippen LogP contribution < -0.4 is 10.6 Å². The van der Waals surface area contributed by atoms with Crippen LogP contribution in [0.3, 0.4) is 0 Å². The van der Waals surface area contributed by atoms with Crippen molar-refractivity contribution < 1.29 is 9.53 Å². The van der Waals surface area contributed by atoms with Crippen LogP contribution in [0.25, 0.3) is 0 Å². The number of nitrogens with two attached hydrogens (primary N) is 1. The average molecular weight is 282 g/mol. The van der Waals surface area contributed by atoms with Crippen molar-refractivity contribution in [3.05, 3.63) is 10.9 Å². The Morgan fingerprint density at radius 2 is 2.37 bits per heavy atom. The van der Waals surface area contributed by atoms with E-state index in [4.69, 9.17) is 10.5 Å². The molecule has 1 atom stereocenters. The highest BCUT2D eigenvalue weighted by Crippen LogP contribution is 2.33. The zero-order chi connectivity index (χ0) is 13.8. The van der Waals surface area contributed by atoms with Crippen molar-refractivity contribution in [3.8, 4) is 0 Å². The van der Waals surface area contributed by atoms with E-state index >= 15 is 0 Å². The zero-order valence-corrected chi connectivity index (χ0v) is 12.5. The first-order chi connectivity index (χ1) is 9.15. The van der Waals surface area contributed by atoms with Crippen molar-refractivity contribution in [3.63, 3.8) is 0 Å². The summed E-state index contributed by atoms with van der Waals surface area (Å²) in [4.78, 5) is 14.7. The quantitative estimate of drug-likeness (QED) is 0.815. The second kappa shape index (κ2) is 6.39. The largest absolute Gasteiger partial charge is 0.397 e. The van der Waals surface area contributed by atoms with Gasteiger partial charge in [-0.15, -0.1) is 11.3 Å². The number of nitrogens with zero attached hydrogens (tertiary/aromatic N) is 1. The van der Waals surface area contributed by atoms with E-state index in [1.54, 1.807) is 0 Å². The molecule has 0 aromatic carbocycles. The van der Waals surface area contributed by atoms with Crippen LogP contribution >= 0.6 is 11.3 Å². The molecule has 1 fully saturated rings. The van der Waals surface area contributed by atoms with Gasteiger partial charge >= 0.3 is 0 Å². The van der Waals surface area contributed by atoms with E-state index < -0.39 is 0 Å². The number of ketones is 1. The molecule has 1 saturated heterocycles. The monoisotopic (exact) mass is 282 g/mol. The van der Waals surface area contributed by atoms with Crippen molar-refractivity contribution in [2.24, 2.45) is 0 Å². The maximum absolute atomic E-state index is 11.8. The first-order valence-electron chi connectivity index (χ1n) is 6.94. The van der Waals surface area contributed by atoms with Gasteiger partial charge in [0.1, 0.15) is 0 Å². The first-order valence-corrected chi connectivity index (χ1v) is 7.76. The van der Waals surface area contributed by atoms with E-state index in [9.17, 15) is 4.79 Å². The summed E-state index contributed by atoms with van der Waals surface area (Å²) < 4.78 is 5.68. The average Bonchev–Trinajstić information content (AvgIpc) is 3.04. The van der Waals surface area contributed by atoms with Gasteiger partial charge in [-0.1, -0.05) is 6.92 Å². The van der Waals surface area contributed by atoms with E-state index in [0.29, 0.717) is 23.1 Å². The number of likely N-dealkylation sites (N-methyl/N-ethyl adjacent to an activating group) is 1. The third-order valence-electron chi connectivity index (χ3n) is 3.46. The fraction of sp³-hybridized carbons (Fsp3) is 0.643. The fourth-order valence-corrected chi connectivity index (χ4v) is 3.50. The number of ether oxygens (including phenoxy) is 1. The smallest absolute Gasteiger partial charge is 0.174 e. The standard InChI is InChI=1S/C14H22N2O2S/c1-3-12(17)14-11(15)8-13(19-14)16(4-2)9-10-6-5-7-18-10/h8,10H,3-7,9,15H2,1-2H3. The van der Waals surface area contributed by atoms with Gasteiger partial charge in [-0.2, -0.15) is 0 Å². The number of nitrogen functional groups attached to an aromatic ring is 1. The number of thiophene rings is 1. The predicted octanol–water partition coefficient (Wildman–Crippen LogP) is 2.93. The number of rotatable bonds is 6. The van der Waals surface area contributed by atoms with Gasteiger partial charge < -0.3 is 15.4 Å². The molecule has 2 rings (SSSR count). The SMILES string of the molecule is CCC(=O)c1sc(N(CC)CC2CCCO2)cc1N. The molecule has 1 aliphatic heterocycles. The van der Waals surface area contributed by atoms with Crippen LogP contribution in [-0.2, 0) is 4.74 Å². The third kappa shape index (κ3) is 3.28. The Bertz CT molecular complexity index is 439. The lowest BCUT2D eigenvalue weighted by atomic mass is 10.2. The molecule has 19 heavy (non-hydrogen) atoms.